The Hall–Kier alpha value is -4.41. The lowest BCUT2D eigenvalue weighted by atomic mass is 9.73. The molecule has 52 heavy (non-hydrogen) atoms. The monoisotopic (exact) mass is 713 g/mol. The second-order valence-electron chi connectivity index (χ2n) is 14.8. The molecule has 10 heteroatoms. The standard InChI is InChI=1S/C42H55N3O7/c1-7-28-15-11-13-25(4)41(50)45(23-36(47)32-18-12-16-30-14-9-10-17-31(30)32)34-22-35(46)37(43)33(39(34)49)20-24(3)19-29(8-2)38(48)26(5)21-27(6)40(28)52-42(44)51/h9-18,21,24,26,28-29,33-34,37-38,40,48H,7-8,19-20,22-23,43H2,1-6H3,(H2,44,51)/b15-11-,25-13+,27-21+/t24-,26-,28-,29-,33?,34?,37?,38+,40-/m0/s1. The number of fused-ring (bicyclic) bond motifs is 3. The van der Waals surface area contributed by atoms with Gasteiger partial charge in [0.25, 0.3) is 5.91 Å². The number of rotatable bonds is 6. The Labute approximate surface area is 307 Å². The predicted molar refractivity (Wildman–Crippen MR) is 202 cm³/mol. The maximum Gasteiger partial charge on any atom is 0.405 e. The number of hydrogen-bond acceptors (Lipinski definition) is 8. The van der Waals surface area contributed by atoms with E-state index < -0.39 is 48.8 Å². The number of amides is 2. The Balaban J connectivity index is 1.83. The molecule has 2 amide bonds. The van der Waals surface area contributed by atoms with E-state index in [1.165, 1.54) is 4.90 Å². The molecule has 1 heterocycles. The van der Waals surface area contributed by atoms with Gasteiger partial charge in [0, 0.05) is 35.3 Å². The van der Waals surface area contributed by atoms with Crippen molar-refractivity contribution in [3.8, 4) is 0 Å². The summed E-state index contributed by atoms with van der Waals surface area (Å²) < 4.78 is 5.60. The number of hydrogen-bond donors (Lipinski definition) is 3. The van der Waals surface area contributed by atoms with E-state index in [4.69, 9.17) is 16.2 Å². The van der Waals surface area contributed by atoms with Crippen LogP contribution in [0.5, 0.6) is 0 Å². The fourth-order valence-electron chi connectivity index (χ4n) is 8.00. The molecule has 0 saturated heterocycles. The molecule has 5 N–H and O–H groups in total. The molecule has 1 aliphatic heterocycles. The second kappa shape index (κ2) is 17.9. The Morgan fingerprint density at radius 3 is 2.35 bits per heavy atom. The van der Waals surface area contributed by atoms with Crippen LogP contribution in [0.25, 0.3) is 10.8 Å². The largest absolute Gasteiger partial charge is 0.441 e. The zero-order valence-corrected chi connectivity index (χ0v) is 31.3. The van der Waals surface area contributed by atoms with Crippen LogP contribution in [-0.2, 0) is 19.1 Å². The molecule has 2 aromatic carbocycles. The van der Waals surface area contributed by atoms with Crippen LogP contribution in [0.2, 0.25) is 0 Å². The third-order valence-electron chi connectivity index (χ3n) is 11.0. The zero-order chi connectivity index (χ0) is 38.3. The lowest BCUT2D eigenvalue weighted by Gasteiger charge is -2.39. The molecule has 0 radical (unpaired) electrons. The summed E-state index contributed by atoms with van der Waals surface area (Å²) >= 11 is 0. The molecule has 0 aromatic heterocycles. The van der Waals surface area contributed by atoms with Gasteiger partial charge in [0.15, 0.2) is 17.3 Å². The summed E-state index contributed by atoms with van der Waals surface area (Å²) in [5.74, 6) is -3.30. The molecule has 2 aliphatic rings. The van der Waals surface area contributed by atoms with Gasteiger partial charge < -0.3 is 26.2 Å². The number of primary amides is 1. The Kier molecular flexibility index (Phi) is 13.9. The highest BCUT2D eigenvalue weighted by atomic mass is 16.6. The summed E-state index contributed by atoms with van der Waals surface area (Å²) in [6.07, 6.45) is 6.44. The molecule has 2 bridgehead atoms. The smallest absolute Gasteiger partial charge is 0.405 e. The van der Waals surface area contributed by atoms with Gasteiger partial charge >= 0.3 is 6.09 Å². The fraction of sp³-hybridized carbons (Fsp3) is 0.500. The molecule has 1 aliphatic carbocycles. The van der Waals surface area contributed by atoms with Gasteiger partial charge in [-0.1, -0.05) is 101 Å². The summed E-state index contributed by atoms with van der Waals surface area (Å²) in [6, 6.07) is 10.6. The molecule has 9 atom stereocenters. The number of carbonyl (C=O) groups excluding carboxylic acids is 5. The van der Waals surface area contributed by atoms with Crippen LogP contribution in [0.1, 0.15) is 84.0 Å². The zero-order valence-electron chi connectivity index (χ0n) is 31.3. The third-order valence-corrected chi connectivity index (χ3v) is 11.0. The van der Waals surface area contributed by atoms with Crippen molar-refractivity contribution in [3.05, 3.63) is 83.5 Å². The second-order valence-corrected chi connectivity index (χ2v) is 14.8. The number of ether oxygens (including phenoxy) is 1. The molecular formula is C42H55N3O7. The maximum absolute atomic E-state index is 14.4. The van der Waals surface area contributed by atoms with E-state index >= 15 is 0 Å². The average Bonchev–Trinajstić information content (AvgIpc) is 3.12. The van der Waals surface area contributed by atoms with Crippen molar-refractivity contribution in [2.24, 2.45) is 41.1 Å². The van der Waals surface area contributed by atoms with Crippen molar-refractivity contribution in [1.82, 2.24) is 4.90 Å². The quantitative estimate of drug-likeness (QED) is 0.238. The van der Waals surface area contributed by atoms with Crippen molar-refractivity contribution in [2.45, 2.75) is 97.9 Å². The number of ketones is 3. The van der Waals surface area contributed by atoms with Gasteiger partial charge in [0.1, 0.15) is 6.10 Å². The number of allylic oxidation sites excluding steroid dienone is 2. The van der Waals surface area contributed by atoms with Crippen molar-refractivity contribution in [3.63, 3.8) is 0 Å². The normalized spacial score (nSPS) is 32.4. The van der Waals surface area contributed by atoms with Crippen LogP contribution in [0.4, 0.5) is 4.79 Å². The minimum atomic E-state index is -1.18. The summed E-state index contributed by atoms with van der Waals surface area (Å²) in [6.45, 7) is 10.9. The lowest BCUT2D eigenvalue weighted by Crippen LogP contribution is -2.59. The molecule has 0 spiro atoms. The van der Waals surface area contributed by atoms with E-state index in [0.717, 1.165) is 16.3 Å². The molecule has 10 nitrogen and oxygen atoms in total. The van der Waals surface area contributed by atoms with Gasteiger partial charge in [-0.3, -0.25) is 19.2 Å². The van der Waals surface area contributed by atoms with E-state index in [1.54, 1.807) is 31.2 Å². The highest BCUT2D eigenvalue weighted by Crippen LogP contribution is 2.34. The number of benzene rings is 2. The fourth-order valence-corrected chi connectivity index (χ4v) is 8.00. The lowest BCUT2D eigenvalue weighted by molar-refractivity contribution is -0.145. The minimum Gasteiger partial charge on any atom is -0.441 e. The van der Waals surface area contributed by atoms with E-state index in [-0.39, 0.29) is 59.4 Å². The van der Waals surface area contributed by atoms with E-state index in [0.29, 0.717) is 24.8 Å². The Morgan fingerprint density at radius 1 is 0.981 bits per heavy atom. The van der Waals surface area contributed by atoms with Crippen LogP contribution < -0.4 is 11.5 Å². The number of carbonyl (C=O) groups is 5. The van der Waals surface area contributed by atoms with E-state index in [1.807, 2.05) is 77.1 Å². The Bertz CT molecular complexity index is 1740. The molecule has 280 valence electrons. The van der Waals surface area contributed by atoms with Gasteiger partial charge in [-0.05, 0) is 61.3 Å². The molecular weight excluding hydrogens is 658 g/mol. The topological polar surface area (TPSA) is 170 Å². The first kappa shape index (κ1) is 40.4. The SMILES string of the molecule is CC[C@H]1C[C@H](C)CC2C(=O)C(CC(=O)C2N)N(CC(=O)c2cccc3ccccc23)C(=O)/C(C)=C/C=C\[C@H](CC)[C@@H](OC(N)=O)/C(C)=C/[C@H](C)[C@H]1O. The van der Waals surface area contributed by atoms with Gasteiger partial charge in [-0.15, -0.1) is 0 Å². The number of nitrogens with two attached hydrogens (primary N) is 2. The first-order valence-corrected chi connectivity index (χ1v) is 18.5. The maximum atomic E-state index is 14.4. The van der Waals surface area contributed by atoms with Gasteiger partial charge in [0.05, 0.1) is 24.7 Å². The number of aliphatic hydroxyl groups is 1. The van der Waals surface area contributed by atoms with Gasteiger partial charge in [-0.25, -0.2) is 4.79 Å². The number of nitrogens with zero attached hydrogens (tertiary/aromatic N) is 1. The highest BCUT2D eigenvalue weighted by Gasteiger charge is 2.46. The average molecular weight is 714 g/mol. The summed E-state index contributed by atoms with van der Waals surface area (Å²) in [5, 5.41) is 13.1. The first-order valence-electron chi connectivity index (χ1n) is 18.5. The van der Waals surface area contributed by atoms with Crippen molar-refractivity contribution >= 4 is 40.1 Å². The van der Waals surface area contributed by atoms with Crippen molar-refractivity contribution in [1.29, 1.82) is 0 Å². The molecule has 2 aromatic rings. The highest BCUT2D eigenvalue weighted by molar-refractivity contribution is 6.11. The van der Waals surface area contributed by atoms with Crippen molar-refractivity contribution in [2.75, 3.05) is 6.54 Å². The van der Waals surface area contributed by atoms with E-state index in [2.05, 4.69) is 0 Å². The third kappa shape index (κ3) is 9.33. The first-order chi connectivity index (χ1) is 24.7. The van der Waals surface area contributed by atoms with Crippen LogP contribution >= 0.6 is 0 Å². The van der Waals surface area contributed by atoms with Crippen LogP contribution in [-0.4, -0.2) is 70.2 Å². The molecule has 3 unspecified atom stereocenters. The molecule has 1 fully saturated rings. The van der Waals surface area contributed by atoms with Crippen LogP contribution in [0.15, 0.2) is 77.9 Å². The van der Waals surface area contributed by atoms with Crippen LogP contribution in [0.3, 0.4) is 0 Å². The number of aliphatic hydroxyl groups excluding tert-OH is 1. The Morgan fingerprint density at radius 2 is 1.67 bits per heavy atom. The predicted octanol–water partition coefficient (Wildman–Crippen LogP) is 6.10. The van der Waals surface area contributed by atoms with E-state index in [9.17, 15) is 29.1 Å². The minimum absolute atomic E-state index is 0.103. The molecule has 4 rings (SSSR count). The van der Waals surface area contributed by atoms with Gasteiger partial charge in [-0.2, -0.15) is 0 Å². The number of Topliss-reactive ketones (excluding diaryl/α,β-unsaturated/α-hetero) is 3. The molecule has 1 saturated carbocycles. The van der Waals surface area contributed by atoms with Crippen molar-refractivity contribution < 1.29 is 33.8 Å². The summed E-state index contributed by atoms with van der Waals surface area (Å²) in [7, 11) is 0. The van der Waals surface area contributed by atoms with Gasteiger partial charge in [0.2, 0.25) is 0 Å². The summed E-state index contributed by atoms with van der Waals surface area (Å²) in [5.41, 5.74) is 13.3. The van der Waals surface area contributed by atoms with Crippen LogP contribution in [0, 0.1) is 29.6 Å². The summed E-state index contributed by atoms with van der Waals surface area (Å²) in [4.78, 5) is 69.5.